The maximum atomic E-state index is 14.1. The van der Waals surface area contributed by atoms with E-state index in [1.165, 1.54) is 16.8 Å². The van der Waals surface area contributed by atoms with Crippen LogP contribution in [0, 0.1) is 19.7 Å². The molecule has 0 spiro atoms. The van der Waals surface area contributed by atoms with Crippen LogP contribution in [0.1, 0.15) is 34.3 Å². The van der Waals surface area contributed by atoms with Crippen LogP contribution in [0.25, 0.3) is 0 Å². The first kappa shape index (κ1) is 21.8. The van der Waals surface area contributed by atoms with E-state index in [2.05, 4.69) is 10.1 Å². The van der Waals surface area contributed by atoms with Gasteiger partial charge in [0.1, 0.15) is 18.5 Å². The summed E-state index contributed by atoms with van der Waals surface area (Å²) >= 11 is 0. The number of hydrogen-bond acceptors (Lipinski definition) is 5. The molecule has 8 heteroatoms. The second-order valence-electron chi connectivity index (χ2n) is 7.98. The molecule has 0 bridgehead atoms. The SMILES string of the molecule is Cc1cc(Cc2ccccc2F)cc([C@@H]2CN(C(=O)Cn3nc(C)ccc3=O)CCO2)n1. The molecule has 0 unspecified atom stereocenters. The molecule has 0 aliphatic carbocycles. The zero-order valence-corrected chi connectivity index (χ0v) is 18.1. The molecule has 2 aromatic heterocycles. The van der Waals surface area contributed by atoms with Gasteiger partial charge in [-0.1, -0.05) is 18.2 Å². The van der Waals surface area contributed by atoms with Gasteiger partial charge in [0, 0.05) is 24.7 Å². The molecule has 1 saturated heterocycles. The van der Waals surface area contributed by atoms with Crippen molar-refractivity contribution in [2.24, 2.45) is 0 Å². The third-order valence-corrected chi connectivity index (χ3v) is 5.42. The number of aryl methyl sites for hydroxylation is 2. The summed E-state index contributed by atoms with van der Waals surface area (Å²) in [4.78, 5) is 31.1. The number of ether oxygens (including phenoxy) is 1. The van der Waals surface area contributed by atoms with Gasteiger partial charge < -0.3 is 9.64 Å². The van der Waals surface area contributed by atoms with Crippen molar-refractivity contribution in [2.75, 3.05) is 19.7 Å². The van der Waals surface area contributed by atoms with Gasteiger partial charge in [-0.05, 0) is 49.2 Å². The number of amides is 1. The second kappa shape index (κ2) is 9.40. The highest BCUT2D eigenvalue weighted by Crippen LogP contribution is 2.24. The normalized spacial score (nSPS) is 16.2. The molecular formula is C24H25FN4O3. The predicted molar refractivity (Wildman–Crippen MR) is 117 cm³/mol. The molecule has 1 aliphatic heterocycles. The molecule has 0 saturated carbocycles. The van der Waals surface area contributed by atoms with Gasteiger partial charge in [0.25, 0.3) is 5.56 Å². The third kappa shape index (κ3) is 5.08. The number of hydrogen-bond donors (Lipinski definition) is 0. The van der Waals surface area contributed by atoms with Crippen molar-refractivity contribution in [3.8, 4) is 0 Å². The lowest BCUT2D eigenvalue weighted by Gasteiger charge is -2.33. The molecule has 32 heavy (non-hydrogen) atoms. The number of aromatic nitrogens is 3. The minimum atomic E-state index is -0.394. The molecule has 1 aromatic carbocycles. The molecule has 3 aromatic rings. The van der Waals surface area contributed by atoms with Crippen LogP contribution in [0.2, 0.25) is 0 Å². The highest BCUT2D eigenvalue weighted by Gasteiger charge is 2.27. The first-order chi connectivity index (χ1) is 15.4. The number of rotatable bonds is 5. The van der Waals surface area contributed by atoms with Gasteiger partial charge in [0.15, 0.2) is 0 Å². The molecule has 1 aliphatic rings. The first-order valence-corrected chi connectivity index (χ1v) is 10.5. The standard InChI is InChI=1S/C24H25FN4O3/c1-16-7-8-23(30)29(27-16)15-24(31)28-9-10-32-22(14-28)21-13-18(11-17(2)26-21)12-19-5-3-4-6-20(19)25/h3-8,11,13,22H,9-10,12,14-15H2,1-2H3/t22-/m0/s1. The van der Waals surface area contributed by atoms with Crippen molar-refractivity contribution in [2.45, 2.75) is 32.9 Å². The summed E-state index contributed by atoms with van der Waals surface area (Å²) in [5.41, 5.74) is 3.41. The van der Waals surface area contributed by atoms with E-state index in [1.54, 1.807) is 30.0 Å². The topological polar surface area (TPSA) is 77.3 Å². The minimum Gasteiger partial charge on any atom is -0.368 e. The van der Waals surface area contributed by atoms with E-state index in [-0.39, 0.29) is 23.8 Å². The smallest absolute Gasteiger partial charge is 0.267 e. The van der Waals surface area contributed by atoms with E-state index >= 15 is 0 Å². The molecule has 0 radical (unpaired) electrons. The molecule has 1 amide bonds. The Labute approximate surface area is 185 Å². The van der Waals surface area contributed by atoms with Crippen molar-refractivity contribution >= 4 is 5.91 Å². The summed E-state index contributed by atoms with van der Waals surface area (Å²) in [7, 11) is 0. The van der Waals surface area contributed by atoms with Crippen LogP contribution in [0.15, 0.2) is 53.3 Å². The molecule has 166 valence electrons. The minimum absolute atomic E-state index is 0.118. The maximum absolute atomic E-state index is 14.1. The summed E-state index contributed by atoms with van der Waals surface area (Å²) in [6, 6.07) is 13.6. The Hall–Kier alpha value is -3.39. The Morgan fingerprint density at radius 2 is 1.97 bits per heavy atom. The quantitative estimate of drug-likeness (QED) is 0.615. The second-order valence-corrected chi connectivity index (χ2v) is 7.98. The van der Waals surface area contributed by atoms with E-state index in [1.807, 2.05) is 25.1 Å². The van der Waals surface area contributed by atoms with Crippen molar-refractivity contribution in [3.05, 3.63) is 92.9 Å². The van der Waals surface area contributed by atoms with Gasteiger partial charge in [-0.15, -0.1) is 0 Å². The zero-order chi connectivity index (χ0) is 22.7. The molecule has 0 N–H and O–H groups in total. The Morgan fingerprint density at radius 1 is 1.16 bits per heavy atom. The molecule has 1 atom stereocenters. The fraction of sp³-hybridized carbons (Fsp3) is 0.333. The van der Waals surface area contributed by atoms with Crippen molar-refractivity contribution in [1.29, 1.82) is 0 Å². The van der Waals surface area contributed by atoms with Crippen LogP contribution in [0.4, 0.5) is 4.39 Å². The highest BCUT2D eigenvalue weighted by molar-refractivity contribution is 5.76. The number of pyridine rings is 1. The monoisotopic (exact) mass is 436 g/mol. The first-order valence-electron chi connectivity index (χ1n) is 10.5. The van der Waals surface area contributed by atoms with Gasteiger partial charge in [0.2, 0.25) is 5.91 Å². The van der Waals surface area contributed by atoms with Gasteiger partial charge in [0.05, 0.1) is 24.5 Å². The molecule has 4 rings (SSSR count). The van der Waals surface area contributed by atoms with E-state index in [4.69, 9.17) is 4.74 Å². The van der Waals surface area contributed by atoms with E-state index in [9.17, 15) is 14.0 Å². The maximum Gasteiger partial charge on any atom is 0.267 e. The number of carbonyl (C=O) groups is 1. The van der Waals surface area contributed by atoms with Crippen molar-refractivity contribution in [3.63, 3.8) is 0 Å². The Kier molecular flexibility index (Phi) is 6.41. The van der Waals surface area contributed by atoms with E-state index < -0.39 is 6.10 Å². The van der Waals surface area contributed by atoms with Gasteiger partial charge in [-0.3, -0.25) is 14.6 Å². The lowest BCUT2D eigenvalue weighted by atomic mass is 10.0. The van der Waals surface area contributed by atoms with Crippen LogP contribution in [0.5, 0.6) is 0 Å². The van der Waals surface area contributed by atoms with Crippen molar-refractivity contribution in [1.82, 2.24) is 19.7 Å². The van der Waals surface area contributed by atoms with Gasteiger partial charge in [-0.2, -0.15) is 5.10 Å². The van der Waals surface area contributed by atoms with Crippen LogP contribution in [-0.2, 0) is 22.5 Å². The van der Waals surface area contributed by atoms with Crippen LogP contribution in [0.3, 0.4) is 0 Å². The van der Waals surface area contributed by atoms with E-state index in [0.29, 0.717) is 43.1 Å². The lowest BCUT2D eigenvalue weighted by Crippen LogP contribution is -2.45. The number of halogens is 1. The summed E-state index contributed by atoms with van der Waals surface area (Å²) in [5.74, 6) is -0.438. The predicted octanol–water partition coefficient (Wildman–Crippen LogP) is 2.59. The average molecular weight is 436 g/mol. The fourth-order valence-electron chi connectivity index (χ4n) is 3.84. The van der Waals surface area contributed by atoms with E-state index in [0.717, 1.165) is 11.3 Å². The summed E-state index contributed by atoms with van der Waals surface area (Å²) in [5, 5.41) is 4.14. The summed E-state index contributed by atoms with van der Waals surface area (Å²) in [6.07, 6.45) is 0.0505. The zero-order valence-electron chi connectivity index (χ0n) is 18.1. The molecule has 7 nitrogen and oxygen atoms in total. The van der Waals surface area contributed by atoms with Crippen LogP contribution in [-0.4, -0.2) is 45.3 Å². The Bertz CT molecular complexity index is 1190. The number of carbonyl (C=O) groups excluding carboxylic acids is 1. The Balaban J connectivity index is 1.50. The molecular weight excluding hydrogens is 411 g/mol. The van der Waals surface area contributed by atoms with Crippen LogP contribution >= 0.6 is 0 Å². The van der Waals surface area contributed by atoms with Crippen molar-refractivity contribution < 1.29 is 13.9 Å². The summed E-state index contributed by atoms with van der Waals surface area (Å²) in [6.45, 7) is 4.67. The lowest BCUT2D eigenvalue weighted by molar-refractivity contribution is -0.140. The van der Waals surface area contributed by atoms with Crippen LogP contribution < -0.4 is 5.56 Å². The largest absolute Gasteiger partial charge is 0.368 e. The summed E-state index contributed by atoms with van der Waals surface area (Å²) < 4.78 is 21.2. The molecule has 1 fully saturated rings. The number of benzene rings is 1. The number of morpholine rings is 1. The fourth-order valence-corrected chi connectivity index (χ4v) is 3.84. The average Bonchev–Trinajstić information content (AvgIpc) is 2.77. The van der Waals surface area contributed by atoms with Gasteiger partial charge >= 0.3 is 0 Å². The van der Waals surface area contributed by atoms with Gasteiger partial charge in [-0.25, -0.2) is 9.07 Å². The third-order valence-electron chi connectivity index (χ3n) is 5.42. The molecule has 3 heterocycles. The number of nitrogens with zero attached hydrogens (tertiary/aromatic N) is 4. The highest BCUT2D eigenvalue weighted by atomic mass is 19.1. The Morgan fingerprint density at radius 3 is 2.78 bits per heavy atom.